The lowest BCUT2D eigenvalue weighted by atomic mass is 10.4. The van der Waals surface area contributed by atoms with Crippen LogP contribution in [-0.2, 0) is 9.53 Å². The van der Waals surface area contributed by atoms with Crippen LogP contribution in [0, 0.1) is 0 Å². The number of nitrogens with two attached hydrogens (primary N) is 1. The molecule has 0 aliphatic carbocycles. The standard InChI is InChI=1S/C6H12N2O2.ClH/c7-6-5-8(1-3-9)2-4-10-6;/h3,6H,1-2,4-5,7H2;1H. The van der Waals surface area contributed by atoms with Crippen LogP contribution in [0.2, 0.25) is 0 Å². The highest BCUT2D eigenvalue weighted by Gasteiger charge is 2.15. The van der Waals surface area contributed by atoms with Crippen molar-refractivity contribution >= 4 is 18.7 Å². The molecule has 66 valence electrons. The largest absolute Gasteiger partial charge is 0.361 e. The van der Waals surface area contributed by atoms with E-state index in [0.717, 1.165) is 12.8 Å². The second-order valence-corrected chi connectivity index (χ2v) is 2.34. The van der Waals surface area contributed by atoms with Crippen molar-refractivity contribution in [2.24, 2.45) is 5.73 Å². The van der Waals surface area contributed by atoms with E-state index >= 15 is 0 Å². The van der Waals surface area contributed by atoms with Gasteiger partial charge >= 0.3 is 0 Å². The SMILES string of the molecule is Cl.NC1CN(CC=O)CCO1. The highest BCUT2D eigenvalue weighted by Crippen LogP contribution is 1.98. The van der Waals surface area contributed by atoms with Crippen molar-refractivity contribution in [3.63, 3.8) is 0 Å². The fourth-order valence-corrected chi connectivity index (χ4v) is 1.00. The molecule has 0 bridgehead atoms. The molecule has 0 spiro atoms. The highest BCUT2D eigenvalue weighted by molar-refractivity contribution is 5.85. The predicted octanol–water partition coefficient (Wildman–Crippen LogP) is -0.776. The molecule has 1 aliphatic rings. The molecule has 1 fully saturated rings. The summed E-state index contributed by atoms with van der Waals surface area (Å²) >= 11 is 0. The first-order valence-corrected chi connectivity index (χ1v) is 3.36. The summed E-state index contributed by atoms with van der Waals surface area (Å²) in [7, 11) is 0. The molecule has 1 saturated heterocycles. The lowest BCUT2D eigenvalue weighted by Crippen LogP contribution is -2.47. The molecule has 0 saturated carbocycles. The molecule has 11 heavy (non-hydrogen) atoms. The predicted molar refractivity (Wildman–Crippen MR) is 43.7 cm³/mol. The quantitative estimate of drug-likeness (QED) is 0.567. The number of nitrogens with zero attached hydrogens (tertiary/aromatic N) is 1. The molecule has 0 radical (unpaired) electrons. The van der Waals surface area contributed by atoms with E-state index in [0.29, 0.717) is 19.7 Å². The third-order valence-corrected chi connectivity index (χ3v) is 1.51. The number of morpholine rings is 1. The number of halogens is 1. The zero-order chi connectivity index (χ0) is 7.40. The molecule has 0 aromatic rings. The van der Waals surface area contributed by atoms with Crippen molar-refractivity contribution in [3.05, 3.63) is 0 Å². The lowest BCUT2D eigenvalue weighted by molar-refractivity contribution is -0.110. The van der Waals surface area contributed by atoms with Crippen molar-refractivity contribution in [3.8, 4) is 0 Å². The monoisotopic (exact) mass is 180 g/mol. The minimum atomic E-state index is -0.214. The van der Waals surface area contributed by atoms with Crippen LogP contribution in [0.3, 0.4) is 0 Å². The van der Waals surface area contributed by atoms with Gasteiger partial charge in [-0.15, -0.1) is 12.4 Å². The number of rotatable bonds is 2. The van der Waals surface area contributed by atoms with Crippen LogP contribution in [0.5, 0.6) is 0 Å². The van der Waals surface area contributed by atoms with Gasteiger partial charge in [-0.1, -0.05) is 0 Å². The Morgan fingerprint density at radius 3 is 3.00 bits per heavy atom. The molecular formula is C6H13ClN2O2. The normalized spacial score (nSPS) is 25.7. The minimum absolute atomic E-state index is 0. The van der Waals surface area contributed by atoms with Gasteiger partial charge in [0.25, 0.3) is 0 Å². The number of hydrogen-bond acceptors (Lipinski definition) is 4. The molecule has 0 aromatic carbocycles. The van der Waals surface area contributed by atoms with Crippen LogP contribution in [0.25, 0.3) is 0 Å². The zero-order valence-corrected chi connectivity index (χ0v) is 7.05. The Balaban J connectivity index is 0.000001000. The van der Waals surface area contributed by atoms with Crippen LogP contribution >= 0.6 is 12.4 Å². The molecule has 1 heterocycles. The van der Waals surface area contributed by atoms with Crippen molar-refractivity contribution in [2.75, 3.05) is 26.2 Å². The molecule has 5 heteroatoms. The fraction of sp³-hybridized carbons (Fsp3) is 0.833. The van der Waals surface area contributed by atoms with Gasteiger partial charge in [0.15, 0.2) is 0 Å². The average molecular weight is 181 g/mol. The third-order valence-electron chi connectivity index (χ3n) is 1.51. The molecule has 2 N–H and O–H groups in total. The first kappa shape index (κ1) is 10.8. The van der Waals surface area contributed by atoms with Gasteiger partial charge in [-0.25, -0.2) is 0 Å². The van der Waals surface area contributed by atoms with E-state index in [2.05, 4.69) is 0 Å². The molecule has 4 nitrogen and oxygen atoms in total. The number of carbonyl (C=O) groups is 1. The summed E-state index contributed by atoms with van der Waals surface area (Å²) in [5, 5.41) is 0. The number of hydrogen-bond donors (Lipinski definition) is 1. The van der Waals surface area contributed by atoms with Crippen LogP contribution < -0.4 is 5.73 Å². The Labute approximate surface area is 72.1 Å². The van der Waals surface area contributed by atoms with Gasteiger partial charge in [-0.3, -0.25) is 4.90 Å². The molecular weight excluding hydrogens is 168 g/mol. The summed E-state index contributed by atoms with van der Waals surface area (Å²) in [5.41, 5.74) is 5.48. The van der Waals surface area contributed by atoms with E-state index in [1.165, 1.54) is 0 Å². The minimum Gasteiger partial charge on any atom is -0.361 e. The van der Waals surface area contributed by atoms with Crippen LogP contribution in [0.4, 0.5) is 0 Å². The molecule has 0 aromatic heterocycles. The topological polar surface area (TPSA) is 55.6 Å². The number of carbonyl (C=O) groups excluding carboxylic acids is 1. The molecule has 1 unspecified atom stereocenters. The molecule has 1 rings (SSSR count). The number of aldehydes is 1. The van der Waals surface area contributed by atoms with Crippen LogP contribution in [0.1, 0.15) is 0 Å². The summed E-state index contributed by atoms with van der Waals surface area (Å²) in [6.45, 7) is 2.58. The van der Waals surface area contributed by atoms with Gasteiger partial charge in [-0.2, -0.15) is 0 Å². The van der Waals surface area contributed by atoms with E-state index in [1.54, 1.807) is 0 Å². The Kier molecular flexibility index (Phi) is 5.41. The van der Waals surface area contributed by atoms with Gasteiger partial charge in [0.1, 0.15) is 12.5 Å². The second kappa shape index (κ2) is 5.49. The fourth-order valence-electron chi connectivity index (χ4n) is 1.00. The Morgan fingerprint density at radius 2 is 2.45 bits per heavy atom. The smallest absolute Gasteiger partial charge is 0.133 e. The summed E-state index contributed by atoms with van der Waals surface area (Å²) in [6.07, 6.45) is 0.673. The van der Waals surface area contributed by atoms with Gasteiger partial charge in [-0.05, 0) is 0 Å². The molecule has 1 atom stereocenters. The van der Waals surface area contributed by atoms with Gasteiger partial charge in [0.05, 0.1) is 13.2 Å². The van der Waals surface area contributed by atoms with Crippen molar-refractivity contribution in [1.82, 2.24) is 4.90 Å². The maximum atomic E-state index is 10.1. The Morgan fingerprint density at radius 1 is 1.73 bits per heavy atom. The first-order valence-electron chi connectivity index (χ1n) is 3.36. The van der Waals surface area contributed by atoms with Crippen molar-refractivity contribution in [1.29, 1.82) is 0 Å². The second-order valence-electron chi connectivity index (χ2n) is 2.34. The van der Waals surface area contributed by atoms with E-state index in [-0.39, 0.29) is 18.6 Å². The first-order chi connectivity index (χ1) is 4.83. The summed E-state index contributed by atoms with van der Waals surface area (Å²) < 4.78 is 5.07. The third kappa shape index (κ3) is 3.67. The summed E-state index contributed by atoms with van der Waals surface area (Å²) in [5.74, 6) is 0. The van der Waals surface area contributed by atoms with E-state index < -0.39 is 0 Å². The van der Waals surface area contributed by atoms with Crippen LogP contribution in [0.15, 0.2) is 0 Å². The maximum Gasteiger partial charge on any atom is 0.133 e. The van der Waals surface area contributed by atoms with E-state index in [1.807, 2.05) is 4.90 Å². The van der Waals surface area contributed by atoms with Gasteiger partial charge in [0, 0.05) is 13.1 Å². The van der Waals surface area contributed by atoms with Crippen LogP contribution in [-0.4, -0.2) is 43.7 Å². The summed E-state index contributed by atoms with van der Waals surface area (Å²) in [6, 6.07) is 0. The van der Waals surface area contributed by atoms with E-state index in [4.69, 9.17) is 10.5 Å². The average Bonchev–Trinajstić information content (AvgIpc) is 1.88. The number of ether oxygens (including phenoxy) is 1. The lowest BCUT2D eigenvalue weighted by Gasteiger charge is -2.28. The Hall–Kier alpha value is -0.160. The van der Waals surface area contributed by atoms with Gasteiger partial charge < -0.3 is 15.3 Å². The maximum absolute atomic E-state index is 10.1. The van der Waals surface area contributed by atoms with Crippen molar-refractivity contribution < 1.29 is 9.53 Å². The van der Waals surface area contributed by atoms with Crippen molar-refractivity contribution in [2.45, 2.75) is 6.23 Å². The summed E-state index contributed by atoms with van der Waals surface area (Å²) in [4.78, 5) is 12.0. The van der Waals surface area contributed by atoms with Gasteiger partial charge in [0.2, 0.25) is 0 Å². The zero-order valence-electron chi connectivity index (χ0n) is 6.23. The highest BCUT2D eigenvalue weighted by atomic mass is 35.5. The molecule has 1 aliphatic heterocycles. The Bertz CT molecular complexity index is 123. The molecule has 0 amide bonds. The van der Waals surface area contributed by atoms with E-state index in [9.17, 15) is 4.79 Å².